The predicted molar refractivity (Wildman–Crippen MR) is 123 cm³/mol. The molecule has 2 atom stereocenters. The van der Waals surface area contributed by atoms with E-state index in [-0.39, 0.29) is 29.7 Å². The number of amides is 3. The molecule has 0 radical (unpaired) electrons. The van der Waals surface area contributed by atoms with Crippen molar-refractivity contribution >= 4 is 17.7 Å². The van der Waals surface area contributed by atoms with E-state index in [4.69, 9.17) is 4.74 Å². The minimum Gasteiger partial charge on any atom is -0.493 e. The second-order valence-electron chi connectivity index (χ2n) is 9.23. The minimum absolute atomic E-state index is 0.000789. The molecule has 1 aromatic carbocycles. The van der Waals surface area contributed by atoms with Crippen LogP contribution in [0, 0.1) is 11.8 Å². The van der Waals surface area contributed by atoms with Gasteiger partial charge in [0.1, 0.15) is 11.8 Å². The molecular formula is C25H37N3O4. The summed E-state index contributed by atoms with van der Waals surface area (Å²) in [5.74, 6) is 0.823. The van der Waals surface area contributed by atoms with Gasteiger partial charge in [0.15, 0.2) is 0 Å². The van der Waals surface area contributed by atoms with Gasteiger partial charge in [0.05, 0.1) is 12.2 Å². The normalized spacial score (nSPS) is 20.3. The van der Waals surface area contributed by atoms with E-state index in [1.807, 2.05) is 30.9 Å². The number of carbonyl (C=O) groups excluding carboxylic acids is 3. The molecule has 0 saturated carbocycles. The molecule has 0 aromatic heterocycles. The molecule has 3 amide bonds. The maximum atomic E-state index is 13.3. The topological polar surface area (TPSA) is 79.0 Å². The molecule has 2 aliphatic heterocycles. The number of hydrogen-bond acceptors (Lipinski definition) is 4. The van der Waals surface area contributed by atoms with Crippen molar-refractivity contribution in [3.8, 4) is 5.75 Å². The number of carbonyl (C=O) groups is 3. The molecule has 3 rings (SSSR count). The zero-order valence-corrected chi connectivity index (χ0v) is 19.8. The lowest BCUT2D eigenvalue weighted by molar-refractivity contribution is -0.139. The van der Waals surface area contributed by atoms with Crippen molar-refractivity contribution in [2.75, 3.05) is 26.2 Å². The summed E-state index contributed by atoms with van der Waals surface area (Å²) in [6.45, 7) is 10.3. The molecule has 2 unspecified atom stereocenters. The molecule has 7 nitrogen and oxygen atoms in total. The lowest BCUT2D eigenvalue weighted by Crippen LogP contribution is -2.51. The Labute approximate surface area is 191 Å². The molecule has 7 heteroatoms. The Hall–Kier alpha value is -2.57. The molecule has 2 saturated heterocycles. The molecule has 0 aliphatic carbocycles. The van der Waals surface area contributed by atoms with E-state index in [1.165, 1.54) is 0 Å². The van der Waals surface area contributed by atoms with Crippen LogP contribution in [-0.4, -0.2) is 65.8 Å². The zero-order valence-electron chi connectivity index (χ0n) is 19.8. The summed E-state index contributed by atoms with van der Waals surface area (Å²) < 4.78 is 5.63. The first-order valence-electron chi connectivity index (χ1n) is 11.9. The number of likely N-dealkylation sites (tertiary alicyclic amines) is 2. The Bertz CT molecular complexity index is 817. The van der Waals surface area contributed by atoms with E-state index >= 15 is 0 Å². The van der Waals surface area contributed by atoms with Gasteiger partial charge in [-0.15, -0.1) is 0 Å². The van der Waals surface area contributed by atoms with Crippen LogP contribution in [-0.2, 0) is 9.59 Å². The summed E-state index contributed by atoms with van der Waals surface area (Å²) in [7, 11) is 0. The number of piperidine rings is 1. The van der Waals surface area contributed by atoms with Crippen LogP contribution in [0.3, 0.4) is 0 Å². The lowest BCUT2D eigenvalue weighted by atomic mass is 9.94. The summed E-state index contributed by atoms with van der Waals surface area (Å²) in [6, 6.07) is 6.91. The summed E-state index contributed by atoms with van der Waals surface area (Å²) >= 11 is 0. The summed E-state index contributed by atoms with van der Waals surface area (Å²) in [6.07, 6.45) is 2.81. The molecule has 1 N–H and O–H groups in total. The van der Waals surface area contributed by atoms with Crippen molar-refractivity contribution in [1.82, 2.24) is 15.1 Å². The number of hydrogen-bond donors (Lipinski definition) is 1. The van der Waals surface area contributed by atoms with E-state index in [9.17, 15) is 14.4 Å². The third kappa shape index (κ3) is 5.43. The smallest absolute Gasteiger partial charge is 0.258 e. The van der Waals surface area contributed by atoms with Gasteiger partial charge < -0.3 is 19.9 Å². The number of para-hydroxylation sites is 1. The van der Waals surface area contributed by atoms with Gasteiger partial charge in [-0.2, -0.15) is 0 Å². The Morgan fingerprint density at radius 1 is 1.06 bits per heavy atom. The van der Waals surface area contributed by atoms with Crippen molar-refractivity contribution in [3.05, 3.63) is 29.8 Å². The van der Waals surface area contributed by atoms with Crippen molar-refractivity contribution in [3.63, 3.8) is 0 Å². The Kier molecular flexibility index (Phi) is 8.15. The molecule has 0 bridgehead atoms. The number of nitrogens with one attached hydrogen (secondary N) is 1. The Morgan fingerprint density at radius 2 is 1.75 bits per heavy atom. The van der Waals surface area contributed by atoms with Gasteiger partial charge in [-0.1, -0.05) is 26.0 Å². The van der Waals surface area contributed by atoms with Crippen molar-refractivity contribution in [2.45, 2.75) is 65.5 Å². The fourth-order valence-electron chi connectivity index (χ4n) is 4.43. The number of ether oxygens (including phenoxy) is 1. The average Bonchev–Trinajstić information content (AvgIpc) is 3.28. The highest BCUT2D eigenvalue weighted by molar-refractivity contribution is 6.00. The van der Waals surface area contributed by atoms with Gasteiger partial charge in [-0.3, -0.25) is 14.4 Å². The van der Waals surface area contributed by atoms with Crippen LogP contribution in [0.5, 0.6) is 5.75 Å². The maximum Gasteiger partial charge on any atom is 0.258 e. The molecule has 2 aliphatic rings. The van der Waals surface area contributed by atoms with Crippen LogP contribution in [0.2, 0.25) is 0 Å². The summed E-state index contributed by atoms with van der Waals surface area (Å²) in [5, 5.41) is 3.10. The first-order chi connectivity index (χ1) is 15.3. The van der Waals surface area contributed by atoms with E-state index < -0.39 is 6.04 Å². The monoisotopic (exact) mass is 443 g/mol. The van der Waals surface area contributed by atoms with Crippen LogP contribution in [0.4, 0.5) is 0 Å². The summed E-state index contributed by atoms with van der Waals surface area (Å²) in [5.41, 5.74) is 0.503. The molecule has 1 aromatic rings. The fraction of sp³-hybridized carbons (Fsp3) is 0.640. The Morgan fingerprint density at radius 3 is 2.41 bits per heavy atom. The van der Waals surface area contributed by atoms with Crippen LogP contribution >= 0.6 is 0 Å². The number of benzene rings is 1. The summed E-state index contributed by atoms with van der Waals surface area (Å²) in [4.78, 5) is 42.6. The van der Waals surface area contributed by atoms with Crippen molar-refractivity contribution < 1.29 is 19.1 Å². The second-order valence-corrected chi connectivity index (χ2v) is 9.23. The van der Waals surface area contributed by atoms with Gasteiger partial charge >= 0.3 is 0 Å². The highest BCUT2D eigenvalue weighted by Crippen LogP contribution is 2.28. The second kappa shape index (κ2) is 10.8. The minimum atomic E-state index is -0.441. The third-order valence-electron chi connectivity index (χ3n) is 6.76. The molecular weight excluding hydrogens is 406 g/mol. The highest BCUT2D eigenvalue weighted by atomic mass is 16.5. The van der Waals surface area contributed by atoms with Crippen LogP contribution < -0.4 is 10.1 Å². The first kappa shape index (κ1) is 24.1. The van der Waals surface area contributed by atoms with E-state index in [0.717, 1.165) is 6.42 Å². The predicted octanol–water partition coefficient (Wildman–Crippen LogP) is 3.09. The third-order valence-corrected chi connectivity index (χ3v) is 6.76. The molecule has 2 fully saturated rings. The quantitative estimate of drug-likeness (QED) is 0.702. The van der Waals surface area contributed by atoms with Crippen LogP contribution in [0.15, 0.2) is 24.3 Å². The van der Waals surface area contributed by atoms with E-state index in [0.29, 0.717) is 62.7 Å². The first-order valence-corrected chi connectivity index (χ1v) is 11.9. The highest BCUT2D eigenvalue weighted by Gasteiger charge is 2.39. The Balaban J connectivity index is 1.61. The van der Waals surface area contributed by atoms with Gasteiger partial charge in [0, 0.05) is 31.6 Å². The van der Waals surface area contributed by atoms with Gasteiger partial charge in [-0.25, -0.2) is 0 Å². The van der Waals surface area contributed by atoms with Gasteiger partial charge in [0.2, 0.25) is 11.8 Å². The molecule has 32 heavy (non-hydrogen) atoms. The fourth-order valence-corrected chi connectivity index (χ4v) is 4.43. The molecule has 0 spiro atoms. The largest absolute Gasteiger partial charge is 0.493 e. The van der Waals surface area contributed by atoms with E-state index in [1.54, 1.807) is 17.0 Å². The maximum absolute atomic E-state index is 13.3. The number of nitrogens with zero attached hydrogens (tertiary/aromatic N) is 2. The van der Waals surface area contributed by atoms with Crippen LogP contribution in [0.1, 0.15) is 63.7 Å². The van der Waals surface area contributed by atoms with E-state index in [2.05, 4.69) is 19.2 Å². The molecule has 2 heterocycles. The van der Waals surface area contributed by atoms with Crippen molar-refractivity contribution in [1.29, 1.82) is 0 Å². The standard InChI is InChI=1S/C25H37N3O4/c1-5-32-22-11-7-6-9-20(22)24(30)28-14-8-10-21(28)25(31)27-15-12-19(13-16-27)23(29)26-18(4)17(2)3/h6-7,9,11,17-19,21H,5,8,10,12-16H2,1-4H3,(H,26,29). The zero-order chi connectivity index (χ0) is 23.3. The lowest BCUT2D eigenvalue weighted by Gasteiger charge is -2.35. The molecule has 176 valence electrons. The van der Waals surface area contributed by atoms with Gasteiger partial charge in [0.25, 0.3) is 5.91 Å². The SMILES string of the molecule is CCOc1ccccc1C(=O)N1CCCC1C(=O)N1CCC(C(=O)NC(C)C(C)C)CC1. The number of rotatable bonds is 7. The average molecular weight is 444 g/mol. The van der Waals surface area contributed by atoms with Crippen LogP contribution in [0.25, 0.3) is 0 Å². The van der Waals surface area contributed by atoms with Gasteiger partial charge in [-0.05, 0) is 57.6 Å². The van der Waals surface area contributed by atoms with Crippen molar-refractivity contribution in [2.24, 2.45) is 11.8 Å².